The Labute approximate surface area is 118 Å². The van der Waals surface area contributed by atoms with Crippen LogP contribution in [0.5, 0.6) is 5.75 Å². The van der Waals surface area contributed by atoms with Crippen molar-refractivity contribution >= 4 is 11.3 Å². The first-order chi connectivity index (χ1) is 9.22. The van der Waals surface area contributed by atoms with Gasteiger partial charge in [-0.15, -0.1) is 11.3 Å². The van der Waals surface area contributed by atoms with E-state index in [9.17, 15) is 0 Å². The predicted octanol–water partition coefficient (Wildman–Crippen LogP) is 3.24. The number of nitrogens with two attached hydrogens (primary N) is 1. The fourth-order valence-corrected chi connectivity index (χ4v) is 2.76. The zero-order valence-electron chi connectivity index (χ0n) is 11.3. The van der Waals surface area contributed by atoms with Crippen molar-refractivity contribution in [2.45, 2.75) is 26.7 Å². The summed E-state index contributed by atoms with van der Waals surface area (Å²) in [5.74, 6) is 0.866. The summed E-state index contributed by atoms with van der Waals surface area (Å²) in [4.78, 5) is 2.50. The molecule has 0 fully saturated rings. The minimum Gasteiger partial charge on any atom is -0.497 e. The van der Waals surface area contributed by atoms with Gasteiger partial charge < -0.3 is 15.2 Å². The van der Waals surface area contributed by atoms with Crippen LogP contribution in [0.3, 0.4) is 0 Å². The maximum absolute atomic E-state index is 5.74. The van der Waals surface area contributed by atoms with E-state index in [1.54, 1.807) is 18.4 Å². The number of hydrogen-bond acceptors (Lipinski definition) is 4. The van der Waals surface area contributed by atoms with Crippen molar-refractivity contribution in [3.05, 3.63) is 51.2 Å². The maximum atomic E-state index is 5.74. The van der Waals surface area contributed by atoms with E-state index in [0.29, 0.717) is 19.8 Å². The summed E-state index contributed by atoms with van der Waals surface area (Å²) in [7, 11) is 1.67. The summed E-state index contributed by atoms with van der Waals surface area (Å²) < 4.78 is 10.9. The number of thiophene rings is 1. The van der Waals surface area contributed by atoms with Crippen LogP contribution in [0, 0.1) is 6.92 Å². The van der Waals surface area contributed by atoms with Crippen LogP contribution < -0.4 is 10.5 Å². The highest BCUT2D eigenvalue weighted by Gasteiger charge is 2.04. The summed E-state index contributed by atoms with van der Waals surface area (Å²) in [6, 6.07) is 10.1. The number of rotatable bonds is 6. The Morgan fingerprint density at radius 2 is 1.89 bits per heavy atom. The second kappa shape index (κ2) is 6.70. The average molecular weight is 277 g/mol. The molecular weight excluding hydrogens is 258 g/mol. The molecule has 102 valence electrons. The van der Waals surface area contributed by atoms with E-state index in [-0.39, 0.29) is 0 Å². The molecule has 1 heterocycles. The van der Waals surface area contributed by atoms with Crippen molar-refractivity contribution in [3.8, 4) is 5.75 Å². The molecule has 0 atom stereocenters. The third-order valence-corrected chi connectivity index (χ3v) is 4.07. The zero-order valence-corrected chi connectivity index (χ0v) is 12.1. The highest BCUT2D eigenvalue weighted by atomic mass is 32.1. The molecule has 1 aromatic heterocycles. The van der Waals surface area contributed by atoms with Crippen LogP contribution >= 0.6 is 11.3 Å². The summed E-state index contributed by atoms with van der Waals surface area (Å²) in [6.07, 6.45) is 0. The molecule has 1 aromatic carbocycles. The summed E-state index contributed by atoms with van der Waals surface area (Å²) >= 11 is 1.74. The summed E-state index contributed by atoms with van der Waals surface area (Å²) in [6.45, 7) is 3.95. The van der Waals surface area contributed by atoms with E-state index in [1.807, 2.05) is 24.3 Å². The first-order valence-corrected chi connectivity index (χ1v) is 7.03. The fraction of sp³-hybridized carbons (Fsp3) is 0.333. The van der Waals surface area contributed by atoms with Crippen molar-refractivity contribution in [2.75, 3.05) is 7.11 Å². The van der Waals surface area contributed by atoms with Gasteiger partial charge in [0, 0.05) is 16.3 Å². The Balaban J connectivity index is 1.86. The number of aryl methyl sites for hydroxylation is 1. The van der Waals surface area contributed by atoms with E-state index in [2.05, 4.69) is 13.0 Å². The lowest BCUT2D eigenvalue weighted by Crippen LogP contribution is -1.95. The first-order valence-electron chi connectivity index (χ1n) is 6.22. The SMILES string of the molecule is COc1ccc(COCc2cc(CN)sc2C)cc1. The van der Waals surface area contributed by atoms with Crippen LogP contribution in [0.2, 0.25) is 0 Å². The van der Waals surface area contributed by atoms with E-state index < -0.39 is 0 Å². The van der Waals surface area contributed by atoms with Gasteiger partial charge in [-0.25, -0.2) is 0 Å². The van der Waals surface area contributed by atoms with Crippen LogP contribution in [0.25, 0.3) is 0 Å². The lowest BCUT2D eigenvalue weighted by molar-refractivity contribution is 0.107. The molecule has 0 amide bonds. The van der Waals surface area contributed by atoms with E-state index >= 15 is 0 Å². The first kappa shape index (κ1) is 14.1. The van der Waals surface area contributed by atoms with E-state index in [1.165, 1.54) is 15.3 Å². The molecule has 0 radical (unpaired) electrons. The van der Waals surface area contributed by atoms with Gasteiger partial charge in [0.25, 0.3) is 0 Å². The molecule has 0 saturated carbocycles. The normalized spacial score (nSPS) is 10.7. The van der Waals surface area contributed by atoms with E-state index in [0.717, 1.165) is 11.3 Å². The van der Waals surface area contributed by atoms with Gasteiger partial charge in [0.05, 0.1) is 20.3 Å². The second-order valence-corrected chi connectivity index (χ2v) is 5.68. The third kappa shape index (κ3) is 3.80. The summed E-state index contributed by atoms with van der Waals surface area (Å²) in [5.41, 5.74) is 8.02. The van der Waals surface area contributed by atoms with Crippen LogP contribution in [-0.2, 0) is 24.5 Å². The average Bonchev–Trinajstić information content (AvgIpc) is 2.80. The molecule has 4 heteroatoms. The van der Waals surface area contributed by atoms with Crippen molar-refractivity contribution in [1.29, 1.82) is 0 Å². The van der Waals surface area contributed by atoms with Crippen molar-refractivity contribution in [2.24, 2.45) is 5.73 Å². The van der Waals surface area contributed by atoms with Crippen LogP contribution in [0.1, 0.15) is 20.9 Å². The Morgan fingerprint density at radius 3 is 2.47 bits per heavy atom. The van der Waals surface area contributed by atoms with Crippen LogP contribution in [-0.4, -0.2) is 7.11 Å². The van der Waals surface area contributed by atoms with Gasteiger partial charge in [-0.05, 0) is 36.2 Å². The molecule has 19 heavy (non-hydrogen) atoms. The van der Waals surface area contributed by atoms with Crippen LogP contribution in [0.15, 0.2) is 30.3 Å². The van der Waals surface area contributed by atoms with Gasteiger partial charge in [-0.1, -0.05) is 12.1 Å². The van der Waals surface area contributed by atoms with Gasteiger partial charge >= 0.3 is 0 Å². The minimum atomic E-state index is 0.601. The molecule has 0 aliphatic rings. The molecule has 0 aliphatic heterocycles. The molecule has 2 aromatic rings. The predicted molar refractivity (Wildman–Crippen MR) is 78.4 cm³/mol. The topological polar surface area (TPSA) is 44.5 Å². The number of hydrogen-bond donors (Lipinski definition) is 1. The minimum absolute atomic E-state index is 0.601. The zero-order chi connectivity index (χ0) is 13.7. The van der Waals surface area contributed by atoms with Crippen LogP contribution in [0.4, 0.5) is 0 Å². The largest absolute Gasteiger partial charge is 0.497 e. The van der Waals surface area contributed by atoms with E-state index in [4.69, 9.17) is 15.2 Å². The molecule has 2 N–H and O–H groups in total. The van der Waals surface area contributed by atoms with Gasteiger partial charge in [0.15, 0.2) is 0 Å². The van der Waals surface area contributed by atoms with Gasteiger partial charge in [0.2, 0.25) is 0 Å². The van der Waals surface area contributed by atoms with Gasteiger partial charge in [0.1, 0.15) is 5.75 Å². The Hall–Kier alpha value is -1.36. The molecule has 0 bridgehead atoms. The highest BCUT2D eigenvalue weighted by molar-refractivity contribution is 7.12. The highest BCUT2D eigenvalue weighted by Crippen LogP contribution is 2.22. The second-order valence-electron chi connectivity index (χ2n) is 4.34. The Morgan fingerprint density at radius 1 is 1.16 bits per heavy atom. The van der Waals surface area contributed by atoms with Crippen molar-refractivity contribution in [1.82, 2.24) is 0 Å². The molecule has 0 saturated heterocycles. The standard InChI is InChI=1S/C15H19NO2S/c1-11-13(7-15(8-16)19-11)10-18-9-12-3-5-14(17-2)6-4-12/h3-7H,8-10,16H2,1-2H3. The maximum Gasteiger partial charge on any atom is 0.118 e. The molecule has 2 rings (SSSR count). The molecule has 3 nitrogen and oxygen atoms in total. The third-order valence-electron chi connectivity index (χ3n) is 2.96. The Bertz CT molecular complexity index is 519. The fourth-order valence-electron chi connectivity index (χ4n) is 1.83. The molecular formula is C15H19NO2S. The summed E-state index contributed by atoms with van der Waals surface area (Å²) in [5, 5.41) is 0. The quantitative estimate of drug-likeness (QED) is 0.881. The van der Waals surface area contributed by atoms with Crippen molar-refractivity contribution in [3.63, 3.8) is 0 Å². The lowest BCUT2D eigenvalue weighted by atomic mass is 10.2. The number of benzene rings is 1. The number of ether oxygens (including phenoxy) is 2. The lowest BCUT2D eigenvalue weighted by Gasteiger charge is -2.05. The molecule has 0 spiro atoms. The van der Waals surface area contributed by atoms with Crippen molar-refractivity contribution < 1.29 is 9.47 Å². The van der Waals surface area contributed by atoms with Gasteiger partial charge in [-0.2, -0.15) is 0 Å². The van der Waals surface area contributed by atoms with Gasteiger partial charge in [-0.3, -0.25) is 0 Å². The monoisotopic (exact) mass is 277 g/mol. The smallest absolute Gasteiger partial charge is 0.118 e. The Kier molecular flexibility index (Phi) is 4.96. The molecule has 0 aliphatic carbocycles. The number of methoxy groups -OCH3 is 1. The molecule has 0 unspecified atom stereocenters.